The molecule has 0 aromatic carbocycles. The first-order valence-electron chi connectivity index (χ1n) is 5.18. The maximum atomic E-state index is 11.7. The van der Waals surface area contributed by atoms with Gasteiger partial charge in [-0.1, -0.05) is 0 Å². The quantitative estimate of drug-likeness (QED) is 0.603. The fourth-order valence-corrected chi connectivity index (χ4v) is 2.47. The maximum Gasteiger partial charge on any atom is 0.326 e. The van der Waals surface area contributed by atoms with Crippen molar-refractivity contribution in [3.05, 3.63) is 0 Å². The molecule has 82 valence electrons. The lowest BCUT2D eigenvalue weighted by Gasteiger charge is -2.42. The van der Waals surface area contributed by atoms with Crippen molar-refractivity contribution in [2.45, 2.75) is 51.6 Å². The third-order valence-electron chi connectivity index (χ3n) is 3.08. The highest BCUT2D eigenvalue weighted by Gasteiger charge is 2.48. The lowest BCUT2D eigenvalue weighted by Crippen LogP contribution is -2.56. The van der Waals surface area contributed by atoms with E-state index in [0.29, 0.717) is 0 Å². The summed E-state index contributed by atoms with van der Waals surface area (Å²) in [6, 6.07) is 0. The smallest absolute Gasteiger partial charge is 0.326 e. The molecule has 0 radical (unpaired) electrons. The van der Waals surface area contributed by atoms with Crippen molar-refractivity contribution in [1.82, 2.24) is 4.90 Å². The summed E-state index contributed by atoms with van der Waals surface area (Å²) >= 11 is 0. The molecule has 0 unspecified atom stereocenters. The van der Waals surface area contributed by atoms with Crippen molar-refractivity contribution in [2.75, 3.05) is 13.7 Å². The first-order valence-corrected chi connectivity index (χ1v) is 5.18. The Kier molecular flexibility index (Phi) is 2.91. The van der Waals surface area contributed by atoms with E-state index >= 15 is 0 Å². The van der Waals surface area contributed by atoms with Crippen molar-refractivity contribution in [2.24, 2.45) is 0 Å². The lowest BCUT2D eigenvalue weighted by atomic mass is 9.94. The van der Waals surface area contributed by atoms with Crippen LogP contribution in [0.1, 0.15) is 40.5 Å². The molecule has 0 aromatic rings. The second-order valence-electron chi connectivity index (χ2n) is 5.19. The Balaban J connectivity index is 2.92. The number of hydrogen-bond donors (Lipinski definition) is 0. The van der Waals surface area contributed by atoms with Gasteiger partial charge in [0.2, 0.25) is 0 Å². The second-order valence-corrected chi connectivity index (χ2v) is 5.19. The van der Waals surface area contributed by atoms with Crippen LogP contribution in [-0.2, 0) is 9.53 Å². The van der Waals surface area contributed by atoms with E-state index in [2.05, 4.69) is 25.7 Å². The van der Waals surface area contributed by atoms with Crippen LogP contribution >= 0.6 is 0 Å². The molecule has 0 spiro atoms. The van der Waals surface area contributed by atoms with Gasteiger partial charge in [-0.15, -0.1) is 0 Å². The summed E-state index contributed by atoms with van der Waals surface area (Å²) in [6.45, 7) is 9.38. The molecule has 0 aliphatic carbocycles. The Labute approximate surface area is 86.4 Å². The number of carbonyl (C=O) groups excluding carboxylic acids is 1. The van der Waals surface area contributed by atoms with Gasteiger partial charge in [0.25, 0.3) is 0 Å². The van der Waals surface area contributed by atoms with E-state index in [1.54, 1.807) is 0 Å². The van der Waals surface area contributed by atoms with Crippen LogP contribution in [-0.4, -0.2) is 35.6 Å². The van der Waals surface area contributed by atoms with Crippen LogP contribution in [0.5, 0.6) is 0 Å². The maximum absolute atomic E-state index is 11.7. The summed E-state index contributed by atoms with van der Waals surface area (Å²) in [5.41, 5.74) is -0.396. The zero-order valence-corrected chi connectivity index (χ0v) is 9.89. The molecule has 1 fully saturated rings. The number of methoxy groups -OCH3 is 1. The van der Waals surface area contributed by atoms with Gasteiger partial charge >= 0.3 is 5.97 Å². The van der Waals surface area contributed by atoms with Crippen molar-refractivity contribution in [1.29, 1.82) is 0 Å². The minimum Gasteiger partial charge on any atom is -0.468 e. The average molecular weight is 199 g/mol. The van der Waals surface area contributed by atoms with Crippen molar-refractivity contribution < 1.29 is 9.53 Å². The number of hydrogen-bond acceptors (Lipinski definition) is 3. The normalized spacial score (nSPS) is 29.2. The van der Waals surface area contributed by atoms with E-state index in [1.165, 1.54) is 7.11 Å². The molecule has 1 atom stereocenters. The number of carbonyl (C=O) groups is 1. The Morgan fingerprint density at radius 2 is 2.00 bits per heavy atom. The predicted octanol–water partition coefficient (Wildman–Crippen LogP) is 1.81. The van der Waals surface area contributed by atoms with Crippen molar-refractivity contribution >= 4 is 5.97 Å². The van der Waals surface area contributed by atoms with Gasteiger partial charge in [0.1, 0.15) is 5.54 Å². The Hall–Kier alpha value is -0.570. The highest BCUT2D eigenvalue weighted by molar-refractivity contribution is 5.80. The van der Waals surface area contributed by atoms with Crippen LogP contribution in [0.2, 0.25) is 0 Å². The highest BCUT2D eigenvalue weighted by atomic mass is 16.5. The third-order valence-corrected chi connectivity index (χ3v) is 3.08. The van der Waals surface area contributed by atoms with Gasteiger partial charge in [-0.2, -0.15) is 0 Å². The SMILES string of the molecule is COC(=O)[C@@]1(C)CCCN1C(C)(C)C. The van der Waals surface area contributed by atoms with Crippen molar-refractivity contribution in [3.63, 3.8) is 0 Å². The van der Waals surface area contributed by atoms with Gasteiger partial charge in [0.05, 0.1) is 7.11 Å². The molecule has 0 saturated carbocycles. The van der Waals surface area contributed by atoms with Crippen LogP contribution < -0.4 is 0 Å². The van der Waals surface area contributed by atoms with Crippen LogP contribution in [0.15, 0.2) is 0 Å². The molecule has 1 saturated heterocycles. The Morgan fingerprint density at radius 1 is 1.43 bits per heavy atom. The van der Waals surface area contributed by atoms with Crippen LogP contribution in [0.4, 0.5) is 0 Å². The van der Waals surface area contributed by atoms with E-state index in [0.717, 1.165) is 19.4 Å². The van der Waals surface area contributed by atoms with E-state index in [-0.39, 0.29) is 11.5 Å². The molecule has 0 N–H and O–H groups in total. The number of likely N-dealkylation sites (tertiary alicyclic amines) is 1. The molecular weight excluding hydrogens is 178 g/mol. The first-order chi connectivity index (χ1) is 6.32. The first kappa shape index (κ1) is 11.5. The third kappa shape index (κ3) is 1.78. The van der Waals surface area contributed by atoms with E-state index in [4.69, 9.17) is 4.74 Å². The summed E-state index contributed by atoms with van der Waals surface area (Å²) in [4.78, 5) is 14.0. The molecule has 1 rings (SSSR count). The van der Waals surface area contributed by atoms with E-state index in [9.17, 15) is 4.79 Å². The summed E-state index contributed by atoms with van der Waals surface area (Å²) in [7, 11) is 1.47. The van der Waals surface area contributed by atoms with Crippen LogP contribution in [0, 0.1) is 0 Å². The zero-order valence-electron chi connectivity index (χ0n) is 9.89. The molecule has 1 heterocycles. The number of nitrogens with zero attached hydrogens (tertiary/aromatic N) is 1. The number of ether oxygens (including phenoxy) is 1. The van der Waals surface area contributed by atoms with E-state index < -0.39 is 5.54 Å². The molecule has 0 bridgehead atoms. The van der Waals surface area contributed by atoms with Crippen molar-refractivity contribution in [3.8, 4) is 0 Å². The molecule has 3 heteroatoms. The van der Waals surface area contributed by atoms with Gasteiger partial charge in [-0.3, -0.25) is 9.69 Å². The summed E-state index contributed by atoms with van der Waals surface area (Å²) in [5.74, 6) is -0.107. The molecule has 0 aromatic heterocycles. The number of esters is 1. The van der Waals surface area contributed by atoms with Gasteiger partial charge in [-0.05, 0) is 47.1 Å². The van der Waals surface area contributed by atoms with Gasteiger partial charge in [-0.25, -0.2) is 0 Å². The monoisotopic (exact) mass is 199 g/mol. The molecule has 3 nitrogen and oxygen atoms in total. The topological polar surface area (TPSA) is 29.5 Å². The van der Waals surface area contributed by atoms with Crippen LogP contribution in [0.25, 0.3) is 0 Å². The van der Waals surface area contributed by atoms with Crippen LogP contribution in [0.3, 0.4) is 0 Å². The largest absolute Gasteiger partial charge is 0.468 e. The highest BCUT2D eigenvalue weighted by Crippen LogP contribution is 2.35. The van der Waals surface area contributed by atoms with E-state index in [1.807, 2.05) is 6.92 Å². The minimum absolute atomic E-state index is 0.0272. The molecule has 1 aliphatic rings. The zero-order chi connectivity index (χ0) is 11.0. The van der Waals surface area contributed by atoms with Gasteiger partial charge in [0, 0.05) is 5.54 Å². The molecular formula is C11H21NO2. The standard InChI is InChI=1S/C11H21NO2/c1-10(2,3)12-8-6-7-11(12,4)9(13)14-5/h6-8H2,1-5H3/t11-/m1/s1. The average Bonchev–Trinajstić information content (AvgIpc) is 2.46. The Bertz CT molecular complexity index is 232. The molecule has 14 heavy (non-hydrogen) atoms. The fraction of sp³-hybridized carbons (Fsp3) is 0.909. The summed E-state index contributed by atoms with van der Waals surface area (Å²) in [6.07, 6.45) is 1.97. The summed E-state index contributed by atoms with van der Waals surface area (Å²) in [5, 5.41) is 0. The fourth-order valence-electron chi connectivity index (χ4n) is 2.47. The van der Waals surface area contributed by atoms with Gasteiger partial charge in [0.15, 0.2) is 0 Å². The summed E-state index contributed by atoms with van der Waals surface area (Å²) < 4.78 is 4.88. The molecule has 0 amide bonds. The van der Waals surface area contributed by atoms with Gasteiger partial charge < -0.3 is 4.74 Å². The number of rotatable bonds is 1. The lowest BCUT2D eigenvalue weighted by molar-refractivity contribution is -0.155. The molecule has 1 aliphatic heterocycles. The Morgan fingerprint density at radius 3 is 2.43 bits per heavy atom. The second kappa shape index (κ2) is 3.54. The minimum atomic E-state index is -0.424. The predicted molar refractivity (Wildman–Crippen MR) is 56.1 cm³/mol.